The Kier molecular flexibility index (Phi) is 10.6. The van der Waals surface area contributed by atoms with Crippen molar-refractivity contribution in [3.05, 3.63) is 47.0 Å². The maximum absolute atomic E-state index is 15.3. The molecule has 3 saturated carbocycles. The number of esters is 4. The summed E-state index contributed by atoms with van der Waals surface area (Å²) < 4.78 is 30.0. The van der Waals surface area contributed by atoms with Crippen LogP contribution in [-0.2, 0) is 47.7 Å². The molecule has 1 aliphatic heterocycles. The van der Waals surface area contributed by atoms with Gasteiger partial charge in [-0.3, -0.25) is 19.2 Å². The number of fused-ring (bicyclic) bond motifs is 5. The summed E-state index contributed by atoms with van der Waals surface area (Å²) in [7, 11) is 0. The normalized spacial score (nSPS) is 36.1. The van der Waals surface area contributed by atoms with Crippen molar-refractivity contribution in [1.82, 2.24) is 5.32 Å². The largest absolute Gasteiger partial charge is 0.456 e. The summed E-state index contributed by atoms with van der Waals surface area (Å²) >= 11 is 0. The Morgan fingerprint density at radius 2 is 1.62 bits per heavy atom. The minimum absolute atomic E-state index is 0.0345. The third-order valence-electron chi connectivity index (χ3n) is 13.1. The minimum Gasteiger partial charge on any atom is -0.456 e. The Balaban J connectivity index is 1.57. The van der Waals surface area contributed by atoms with Gasteiger partial charge in [0.25, 0.3) is 0 Å². The van der Waals surface area contributed by atoms with Crippen LogP contribution in [0.15, 0.2) is 41.5 Å². The first kappa shape index (κ1) is 40.5. The van der Waals surface area contributed by atoms with Crippen LogP contribution in [0.5, 0.6) is 0 Å². The number of ether oxygens (including phenoxy) is 5. The van der Waals surface area contributed by atoms with Crippen molar-refractivity contribution in [2.24, 2.45) is 22.7 Å². The van der Waals surface area contributed by atoms with Crippen LogP contribution in [-0.4, -0.2) is 111 Å². The van der Waals surface area contributed by atoms with Crippen molar-refractivity contribution >= 4 is 35.6 Å². The van der Waals surface area contributed by atoms with E-state index in [9.17, 15) is 39.3 Å². The van der Waals surface area contributed by atoms with Crippen molar-refractivity contribution in [3.63, 3.8) is 0 Å². The minimum atomic E-state index is -2.33. The van der Waals surface area contributed by atoms with E-state index in [1.807, 2.05) is 0 Å². The molecule has 10 unspecified atom stereocenters. The number of Topliss-reactive ketones (excluding diaryl/α,β-unsaturated/α-hetero) is 1. The zero-order valence-electron chi connectivity index (χ0n) is 32.2. The summed E-state index contributed by atoms with van der Waals surface area (Å²) in [5.74, 6) is -6.66. The highest BCUT2D eigenvalue weighted by atomic mass is 16.6. The predicted octanol–water partition coefficient (Wildman–Crippen LogP) is 1.87. The number of benzene rings is 1. The number of hydrogen-bond donors (Lipinski definition) is 4. The lowest BCUT2D eigenvalue weighted by molar-refractivity contribution is -0.346. The van der Waals surface area contributed by atoms with Gasteiger partial charge in [0.2, 0.25) is 5.91 Å². The quantitative estimate of drug-likeness (QED) is 0.160. The molecule has 11 atom stereocenters. The number of aliphatic hydroxyl groups is 3. The maximum atomic E-state index is 15.3. The predicted molar refractivity (Wildman–Crippen MR) is 190 cm³/mol. The number of ketones is 1. The van der Waals surface area contributed by atoms with Gasteiger partial charge in [0.1, 0.15) is 23.9 Å². The molecule has 4 aliphatic carbocycles. The van der Waals surface area contributed by atoms with Crippen LogP contribution in [0, 0.1) is 22.7 Å². The molecule has 55 heavy (non-hydrogen) atoms. The Morgan fingerprint density at radius 1 is 0.964 bits per heavy atom. The Bertz CT molecular complexity index is 1790. The van der Waals surface area contributed by atoms with Gasteiger partial charge < -0.3 is 44.3 Å². The standard InChI is InChI=1S/C40H51NO14/c1-19-25(53-36(49)30(46)29(41-20(2)42)23-14-11-15-23)17-40(50)34(54-35(48)24-12-9-8-10-13-24)32-38(7,26(45)16-27-39(32,18-51-27)55-22(4)44)33(47)31(52-21(3)43)28(19)37(40,5)6/h8-10,12-13,23,25-27,29-32,34,45-46,50H,11,14-18H2,1-7H3,(H,41,42)/t25?,26?,27?,29?,30?,31?,32?,34?,38-,39?,40?/m1/s1. The van der Waals surface area contributed by atoms with E-state index in [1.165, 1.54) is 26.0 Å². The van der Waals surface area contributed by atoms with Gasteiger partial charge in [-0.25, -0.2) is 9.59 Å². The molecule has 4 N–H and O–H groups in total. The molecular weight excluding hydrogens is 718 g/mol. The van der Waals surface area contributed by atoms with Crippen LogP contribution in [0.2, 0.25) is 0 Å². The molecule has 1 amide bonds. The van der Waals surface area contributed by atoms with Crippen LogP contribution in [0.25, 0.3) is 0 Å². The fraction of sp³-hybridized carbons (Fsp3) is 0.650. The fourth-order valence-corrected chi connectivity index (χ4v) is 9.86. The van der Waals surface area contributed by atoms with Gasteiger partial charge in [0.15, 0.2) is 23.6 Å². The molecule has 1 aromatic rings. The highest BCUT2D eigenvalue weighted by Gasteiger charge is 2.78. The second-order valence-electron chi connectivity index (χ2n) is 16.5. The van der Waals surface area contributed by atoms with Crippen LogP contribution in [0.4, 0.5) is 0 Å². The number of nitrogens with one attached hydrogen (secondary N) is 1. The van der Waals surface area contributed by atoms with Crippen LogP contribution in [0.3, 0.4) is 0 Å². The number of amides is 1. The molecule has 2 bridgehead atoms. The molecule has 1 saturated heterocycles. The van der Waals surface area contributed by atoms with Crippen molar-refractivity contribution in [2.45, 2.75) is 134 Å². The van der Waals surface area contributed by atoms with E-state index in [2.05, 4.69) is 5.32 Å². The van der Waals surface area contributed by atoms with E-state index in [1.54, 1.807) is 39.0 Å². The van der Waals surface area contributed by atoms with Crippen molar-refractivity contribution in [3.8, 4) is 0 Å². The van der Waals surface area contributed by atoms with Gasteiger partial charge in [-0.1, -0.05) is 38.5 Å². The monoisotopic (exact) mass is 769 g/mol. The molecule has 1 heterocycles. The second kappa shape index (κ2) is 14.4. The van der Waals surface area contributed by atoms with E-state index < -0.39 is 113 Å². The van der Waals surface area contributed by atoms with Gasteiger partial charge in [-0.05, 0) is 55.9 Å². The fourth-order valence-electron chi connectivity index (χ4n) is 9.86. The summed E-state index contributed by atoms with van der Waals surface area (Å²) in [6, 6.07) is 6.92. The summed E-state index contributed by atoms with van der Waals surface area (Å²) in [4.78, 5) is 81.1. The van der Waals surface area contributed by atoms with Gasteiger partial charge in [0, 0.05) is 39.0 Å². The number of carbonyl (C=O) groups is 6. The lowest BCUT2D eigenvalue weighted by Crippen LogP contribution is -2.82. The van der Waals surface area contributed by atoms with E-state index in [0.29, 0.717) is 12.8 Å². The third kappa shape index (κ3) is 6.46. The molecule has 0 radical (unpaired) electrons. The maximum Gasteiger partial charge on any atom is 0.338 e. The molecule has 15 heteroatoms. The van der Waals surface area contributed by atoms with Crippen LogP contribution < -0.4 is 5.32 Å². The number of aliphatic hydroxyl groups excluding tert-OH is 2. The van der Waals surface area contributed by atoms with E-state index >= 15 is 4.79 Å². The topological polar surface area (TPSA) is 221 Å². The van der Waals surface area contributed by atoms with Gasteiger partial charge >= 0.3 is 23.9 Å². The number of carbonyl (C=O) groups excluding carboxylic acids is 6. The van der Waals surface area contributed by atoms with Gasteiger partial charge in [-0.2, -0.15) is 0 Å². The first-order valence-corrected chi connectivity index (χ1v) is 18.8. The Hall–Kier alpha value is -4.18. The summed E-state index contributed by atoms with van der Waals surface area (Å²) in [6.45, 7) is 9.34. The zero-order chi connectivity index (χ0) is 40.4. The molecule has 0 spiro atoms. The lowest BCUT2D eigenvalue weighted by atomic mass is 9.44. The SMILES string of the molecule is CC(=O)NC(C1CCC1)C(O)C(=O)OC1CC2(O)C(OC(=O)c3ccccc3)C3C4(OC(C)=O)COC4CC(O)[C@@]3(C)C(=O)C(OC(C)=O)C(=C1C)C2(C)C. The Morgan fingerprint density at radius 3 is 2.15 bits per heavy atom. The van der Waals surface area contributed by atoms with E-state index in [0.717, 1.165) is 20.3 Å². The first-order valence-electron chi connectivity index (χ1n) is 18.8. The van der Waals surface area contributed by atoms with E-state index in [-0.39, 0.29) is 35.7 Å². The third-order valence-corrected chi connectivity index (χ3v) is 13.1. The van der Waals surface area contributed by atoms with Crippen LogP contribution >= 0.6 is 0 Å². The second-order valence-corrected chi connectivity index (χ2v) is 16.5. The highest BCUT2D eigenvalue weighted by Crippen LogP contribution is 2.64. The first-order chi connectivity index (χ1) is 25.7. The molecule has 6 rings (SSSR count). The van der Waals surface area contributed by atoms with Crippen LogP contribution in [0.1, 0.15) is 90.9 Å². The van der Waals surface area contributed by atoms with Crippen molar-refractivity contribution < 1.29 is 67.8 Å². The van der Waals surface area contributed by atoms with Crippen molar-refractivity contribution in [1.29, 1.82) is 0 Å². The smallest absolute Gasteiger partial charge is 0.338 e. The lowest BCUT2D eigenvalue weighted by Gasteiger charge is -2.67. The highest BCUT2D eigenvalue weighted by molar-refractivity contribution is 5.95. The average Bonchev–Trinajstić information content (AvgIpc) is 3.08. The molecular formula is C40H51NO14. The molecule has 300 valence electrons. The molecule has 5 aliphatic rings. The molecule has 4 fully saturated rings. The summed E-state index contributed by atoms with van der Waals surface area (Å²) in [6.07, 6.45) is -7.79. The molecule has 1 aromatic carbocycles. The van der Waals surface area contributed by atoms with Gasteiger partial charge in [-0.15, -0.1) is 0 Å². The molecule has 15 nitrogen and oxygen atoms in total. The summed E-state index contributed by atoms with van der Waals surface area (Å²) in [5.41, 5.74) is -7.35. The number of rotatable bonds is 9. The van der Waals surface area contributed by atoms with E-state index in [4.69, 9.17) is 23.7 Å². The molecule has 0 aromatic heterocycles. The van der Waals surface area contributed by atoms with Gasteiger partial charge in [0.05, 0.1) is 35.6 Å². The van der Waals surface area contributed by atoms with Crippen molar-refractivity contribution in [2.75, 3.05) is 6.61 Å². The Labute approximate surface area is 319 Å². The zero-order valence-corrected chi connectivity index (χ0v) is 32.2. The average molecular weight is 770 g/mol. The summed E-state index contributed by atoms with van der Waals surface area (Å²) in [5, 5.41) is 39.4. The number of hydrogen-bond acceptors (Lipinski definition) is 14.